The van der Waals surface area contributed by atoms with E-state index in [0.29, 0.717) is 5.92 Å². The van der Waals surface area contributed by atoms with Crippen molar-refractivity contribution < 1.29 is 4.79 Å². The molecule has 2 aliphatic rings. The van der Waals surface area contributed by atoms with Gasteiger partial charge in [-0.3, -0.25) is 4.79 Å². The first-order chi connectivity index (χ1) is 9.25. The molecule has 0 aromatic heterocycles. The third-order valence-corrected chi connectivity index (χ3v) is 4.35. The Bertz CT molecular complexity index is 480. The maximum absolute atomic E-state index is 12.3. The molecular weight excluding hydrogens is 236 g/mol. The molecule has 1 amide bonds. The summed E-state index contributed by atoms with van der Waals surface area (Å²) in [5, 5.41) is 6.47. The zero-order chi connectivity index (χ0) is 13.2. The zero-order valence-electron chi connectivity index (χ0n) is 11.5. The number of benzene rings is 1. The van der Waals surface area contributed by atoms with E-state index in [1.165, 1.54) is 18.4 Å². The molecule has 1 aliphatic heterocycles. The van der Waals surface area contributed by atoms with Crippen molar-refractivity contribution in [3.8, 4) is 0 Å². The average molecular weight is 258 g/mol. The van der Waals surface area contributed by atoms with Crippen LogP contribution in [0.25, 0.3) is 0 Å². The highest BCUT2D eigenvalue weighted by Gasteiger charge is 2.28. The first-order valence-corrected chi connectivity index (χ1v) is 7.39. The minimum absolute atomic E-state index is 0.0908. The van der Waals surface area contributed by atoms with Crippen molar-refractivity contribution in [3.05, 3.63) is 29.3 Å². The zero-order valence-corrected chi connectivity index (χ0v) is 11.5. The summed E-state index contributed by atoms with van der Waals surface area (Å²) in [5.41, 5.74) is 3.17. The van der Waals surface area contributed by atoms with Gasteiger partial charge in [-0.25, -0.2) is 0 Å². The van der Waals surface area contributed by atoms with Crippen molar-refractivity contribution in [1.82, 2.24) is 5.32 Å². The van der Waals surface area contributed by atoms with Crippen molar-refractivity contribution in [3.63, 3.8) is 0 Å². The van der Waals surface area contributed by atoms with Crippen LogP contribution in [0.3, 0.4) is 0 Å². The van der Waals surface area contributed by atoms with Gasteiger partial charge in [-0.05, 0) is 55.2 Å². The fourth-order valence-corrected chi connectivity index (χ4v) is 2.90. The Labute approximate surface area is 114 Å². The Balaban J connectivity index is 1.68. The number of fused-ring (bicyclic) bond motifs is 1. The van der Waals surface area contributed by atoms with Crippen LogP contribution in [0.1, 0.15) is 42.1 Å². The molecule has 1 fully saturated rings. The lowest BCUT2D eigenvalue weighted by Gasteiger charge is -2.21. The van der Waals surface area contributed by atoms with Gasteiger partial charge < -0.3 is 10.6 Å². The number of amides is 1. The van der Waals surface area contributed by atoms with Gasteiger partial charge in [0.25, 0.3) is 5.91 Å². The van der Waals surface area contributed by atoms with Crippen LogP contribution in [0, 0.1) is 11.8 Å². The lowest BCUT2D eigenvalue weighted by Crippen LogP contribution is -2.30. The van der Waals surface area contributed by atoms with Gasteiger partial charge in [-0.2, -0.15) is 0 Å². The predicted octanol–water partition coefficient (Wildman–Crippen LogP) is 2.82. The molecule has 1 unspecified atom stereocenters. The van der Waals surface area contributed by atoms with Crippen LogP contribution >= 0.6 is 0 Å². The summed E-state index contributed by atoms with van der Waals surface area (Å²) in [6, 6.07) is 5.98. The molecule has 1 aliphatic carbocycles. The van der Waals surface area contributed by atoms with Gasteiger partial charge in [0.2, 0.25) is 0 Å². The number of carbonyl (C=O) groups excluding carboxylic acids is 1. The van der Waals surface area contributed by atoms with Crippen LogP contribution in [0.2, 0.25) is 0 Å². The molecule has 0 saturated heterocycles. The summed E-state index contributed by atoms with van der Waals surface area (Å²) < 4.78 is 0. The smallest absolute Gasteiger partial charge is 0.251 e. The second kappa shape index (κ2) is 5.24. The van der Waals surface area contributed by atoms with Gasteiger partial charge in [-0.15, -0.1) is 0 Å². The van der Waals surface area contributed by atoms with E-state index in [1.807, 2.05) is 12.1 Å². The van der Waals surface area contributed by atoms with Crippen molar-refractivity contribution in [2.45, 2.75) is 32.6 Å². The first-order valence-electron chi connectivity index (χ1n) is 7.39. The molecular formula is C16H22N2O. The molecule has 102 valence electrons. The topological polar surface area (TPSA) is 41.1 Å². The standard InChI is InChI=1S/C16H22N2O/c1-11(12-7-8-12)10-18-16(19)14-4-2-6-15-13(14)5-3-9-17-15/h2,4,6,11-12,17H,3,5,7-10H2,1H3,(H,18,19). The SMILES string of the molecule is CC(CNC(=O)c1cccc2c1CCCN2)C1CC1. The largest absolute Gasteiger partial charge is 0.385 e. The molecule has 3 nitrogen and oxygen atoms in total. The van der Waals surface area contributed by atoms with Gasteiger partial charge in [0.15, 0.2) is 0 Å². The van der Waals surface area contributed by atoms with E-state index in [0.717, 1.165) is 43.1 Å². The minimum Gasteiger partial charge on any atom is -0.385 e. The van der Waals surface area contributed by atoms with Gasteiger partial charge in [0.1, 0.15) is 0 Å². The monoisotopic (exact) mass is 258 g/mol. The summed E-state index contributed by atoms with van der Waals surface area (Å²) in [7, 11) is 0. The van der Waals surface area contributed by atoms with Gasteiger partial charge in [-0.1, -0.05) is 13.0 Å². The van der Waals surface area contributed by atoms with E-state index in [9.17, 15) is 4.79 Å². The Morgan fingerprint density at radius 1 is 1.47 bits per heavy atom. The summed E-state index contributed by atoms with van der Waals surface area (Å²) in [5.74, 6) is 1.54. The number of anilines is 1. The van der Waals surface area contributed by atoms with Crippen molar-refractivity contribution in [2.75, 3.05) is 18.4 Å². The van der Waals surface area contributed by atoms with E-state index < -0.39 is 0 Å². The second-order valence-electron chi connectivity index (χ2n) is 5.89. The second-order valence-corrected chi connectivity index (χ2v) is 5.89. The summed E-state index contributed by atoms with van der Waals surface area (Å²) in [6.07, 6.45) is 4.78. The molecule has 1 aromatic carbocycles. The number of hydrogen-bond acceptors (Lipinski definition) is 2. The molecule has 19 heavy (non-hydrogen) atoms. The van der Waals surface area contributed by atoms with E-state index in [-0.39, 0.29) is 5.91 Å². The summed E-state index contributed by atoms with van der Waals surface area (Å²) in [6.45, 7) is 4.05. The highest BCUT2D eigenvalue weighted by molar-refractivity contribution is 5.97. The van der Waals surface area contributed by atoms with Crippen LogP contribution in [-0.4, -0.2) is 19.0 Å². The lowest BCUT2D eigenvalue weighted by atomic mass is 9.97. The molecule has 0 bridgehead atoms. The normalized spacial score (nSPS) is 19.2. The number of hydrogen-bond donors (Lipinski definition) is 2. The Morgan fingerprint density at radius 3 is 3.11 bits per heavy atom. The fraction of sp³-hybridized carbons (Fsp3) is 0.562. The molecule has 1 atom stereocenters. The fourth-order valence-electron chi connectivity index (χ4n) is 2.90. The van der Waals surface area contributed by atoms with Crippen LogP contribution in [0.4, 0.5) is 5.69 Å². The predicted molar refractivity (Wildman–Crippen MR) is 77.5 cm³/mol. The highest BCUT2D eigenvalue weighted by Crippen LogP contribution is 2.36. The summed E-state index contributed by atoms with van der Waals surface area (Å²) >= 11 is 0. The molecule has 1 saturated carbocycles. The number of nitrogens with one attached hydrogen (secondary N) is 2. The quantitative estimate of drug-likeness (QED) is 0.872. The molecule has 3 rings (SSSR count). The maximum atomic E-state index is 12.3. The van der Waals surface area contributed by atoms with E-state index in [4.69, 9.17) is 0 Å². The van der Waals surface area contributed by atoms with Crippen molar-refractivity contribution in [2.24, 2.45) is 11.8 Å². The van der Waals surface area contributed by atoms with Crippen LogP contribution < -0.4 is 10.6 Å². The van der Waals surface area contributed by atoms with Crippen molar-refractivity contribution in [1.29, 1.82) is 0 Å². The highest BCUT2D eigenvalue weighted by atomic mass is 16.1. The van der Waals surface area contributed by atoms with E-state index in [2.05, 4.69) is 23.6 Å². The van der Waals surface area contributed by atoms with Crippen LogP contribution in [-0.2, 0) is 6.42 Å². The molecule has 3 heteroatoms. The minimum atomic E-state index is 0.0908. The third kappa shape index (κ3) is 2.75. The van der Waals surface area contributed by atoms with Gasteiger partial charge >= 0.3 is 0 Å². The maximum Gasteiger partial charge on any atom is 0.251 e. The van der Waals surface area contributed by atoms with Crippen molar-refractivity contribution >= 4 is 11.6 Å². The van der Waals surface area contributed by atoms with E-state index in [1.54, 1.807) is 0 Å². The molecule has 1 heterocycles. The Kier molecular flexibility index (Phi) is 3.45. The Morgan fingerprint density at radius 2 is 2.32 bits per heavy atom. The van der Waals surface area contributed by atoms with Crippen LogP contribution in [0.15, 0.2) is 18.2 Å². The van der Waals surface area contributed by atoms with E-state index >= 15 is 0 Å². The molecule has 0 spiro atoms. The molecule has 0 radical (unpaired) electrons. The van der Waals surface area contributed by atoms with Gasteiger partial charge in [0.05, 0.1) is 0 Å². The number of rotatable bonds is 4. The lowest BCUT2D eigenvalue weighted by molar-refractivity contribution is 0.0945. The molecule has 2 N–H and O–H groups in total. The molecule has 1 aromatic rings. The average Bonchev–Trinajstić information content (AvgIpc) is 3.28. The summed E-state index contributed by atoms with van der Waals surface area (Å²) in [4.78, 5) is 12.3. The first kappa shape index (κ1) is 12.5. The van der Waals surface area contributed by atoms with Gasteiger partial charge in [0, 0.05) is 24.3 Å². The Hall–Kier alpha value is -1.51. The number of carbonyl (C=O) groups is 1. The van der Waals surface area contributed by atoms with Crippen LogP contribution in [0.5, 0.6) is 0 Å². The third-order valence-electron chi connectivity index (χ3n) is 4.35.